The molecule has 19 heavy (non-hydrogen) atoms. The molecule has 1 heterocycles. The van der Waals surface area contributed by atoms with Crippen LogP contribution in [0.3, 0.4) is 0 Å². The van der Waals surface area contributed by atoms with Gasteiger partial charge in [0, 0.05) is 27.1 Å². The van der Waals surface area contributed by atoms with Crippen molar-refractivity contribution in [1.82, 2.24) is 9.21 Å². The number of nitrogens with zero attached hydrogens (tertiary/aromatic N) is 2. The van der Waals surface area contributed by atoms with Gasteiger partial charge in [-0.3, -0.25) is 4.79 Å². The first kappa shape index (κ1) is 15.9. The number of likely N-dealkylation sites (N-methyl/N-ethyl adjacent to an activating group) is 1. The van der Waals surface area contributed by atoms with Crippen LogP contribution in [0.2, 0.25) is 0 Å². The minimum atomic E-state index is -3.48. The van der Waals surface area contributed by atoms with Crippen molar-refractivity contribution in [1.29, 1.82) is 0 Å². The number of carbonyl (C=O) groups is 2. The van der Waals surface area contributed by atoms with E-state index in [4.69, 9.17) is 9.84 Å². The molecule has 1 saturated heterocycles. The number of hydrogen-bond acceptors (Lipinski definition) is 5. The molecule has 1 N–H and O–H groups in total. The molecule has 1 aliphatic rings. The lowest BCUT2D eigenvalue weighted by molar-refractivity contribution is -0.148. The van der Waals surface area contributed by atoms with Crippen molar-refractivity contribution in [2.75, 3.05) is 33.5 Å². The van der Waals surface area contributed by atoms with Crippen molar-refractivity contribution in [3.05, 3.63) is 0 Å². The van der Waals surface area contributed by atoms with E-state index in [1.54, 1.807) is 0 Å². The van der Waals surface area contributed by atoms with Crippen molar-refractivity contribution < 1.29 is 27.9 Å². The maximum absolute atomic E-state index is 12.0. The lowest BCUT2D eigenvalue weighted by atomic mass is 10.2. The number of carbonyl (C=O) groups excluding carboxylic acids is 1. The first-order valence-corrected chi connectivity index (χ1v) is 7.48. The maximum atomic E-state index is 12.0. The number of rotatable bonds is 5. The van der Waals surface area contributed by atoms with Gasteiger partial charge in [-0.05, 0) is 0 Å². The number of likely N-dealkylation sites (tertiary alicyclic amines) is 1. The molecule has 1 aliphatic heterocycles. The monoisotopic (exact) mass is 294 g/mol. The molecule has 0 saturated carbocycles. The van der Waals surface area contributed by atoms with Crippen LogP contribution in [0.5, 0.6) is 0 Å². The normalized spacial score (nSPS) is 23.9. The van der Waals surface area contributed by atoms with Crippen LogP contribution >= 0.6 is 0 Å². The van der Waals surface area contributed by atoms with Crippen molar-refractivity contribution in [2.24, 2.45) is 0 Å². The number of methoxy groups -OCH3 is 1. The van der Waals surface area contributed by atoms with E-state index in [1.165, 1.54) is 14.2 Å². The van der Waals surface area contributed by atoms with Crippen molar-refractivity contribution in [3.8, 4) is 0 Å². The summed E-state index contributed by atoms with van der Waals surface area (Å²) in [5, 5.41) is 9.06. The Kier molecular flexibility index (Phi) is 4.88. The Morgan fingerprint density at radius 1 is 1.47 bits per heavy atom. The van der Waals surface area contributed by atoms with Gasteiger partial charge < -0.3 is 14.7 Å². The molecule has 1 fully saturated rings. The van der Waals surface area contributed by atoms with E-state index < -0.39 is 27.9 Å². The SMILES string of the molecule is COC1CC(C(=O)O)N(C(=O)CN(C)S(C)(=O)=O)C1. The van der Waals surface area contributed by atoms with Gasteiger partial charge >= 0.3 is 5.97 Å². The summed E-state index contributed by atoms with van der Waals surface area (Å²) in [4.78, 5) is 24.2. The molecule has 2 atom stereocenters. The number of carboxylic acids is 1. The third-order valence-electron chi connectivity index (χ3n) is 3.13. The minimum absolute atomic E-state index is 0.157. The molecule has 0 aromatic heterocycles. The van der Waals surface area contributed by atoms with Gasteiger partial charge in [-0.2, -0.15) is 4.31 Å². The summed E-state index contributed by atoms with van der Waals surface area (Å²) in [7, 11) is -0.762. The van der Waals surface area contributed by atoms with Crippen LogP contribution < -0.4 is 0 Å². The van der Waals surface area contributed by atoms with Crippen LogP contribution in [0.15, 0.2) is 0 Å². The highest BCUT2D eigenvalue weighted by Gasteiger charge is 2.40. The average molecular weight is 294 g/mol. The smallest absolute Gasteiger partial charge is 0.326 e. The number of carboxylic acid groups (broad SMARTS) is 1. The van der Waals surface area contributed by atoms with E-state index >= 15 is 0 Å². The van der Waals surface area contributed by atoms with Crippen LogP contribution in [0.25, 0.3) is 0 Å². The summed E-state index contributed by atoms with van der Waals surface area (Å²) in [5.41, 5.74) is 0. The van der Waals surface area contributed by atoms with Crippen molar-refractivity contribution in [3.63, 3.8) is 0 Å². The standard InChI is InChI=1S/C10H18N2O6S/c1-11(19(3,16)17)6-9(13)12-5-7(18-2)4-8(12)10(14)15/h7-8H,4-6H2,1-3H3,(H,14,15). The largest absolute Gasteiger partial charge is 0.480 e. The van der Waals surface area contributed by atoms with Gasteiger partial charge in [0.1, 0.15) is 6.04 Å². The van der Waals surface area contributed by atoms with Gasteiger partial charge in [-0.25, -0.2) is 13.2 Å². The Hall–Kier alpha value is -1.19. The molecular formula is C10H18N2O6S. The molecule has 0 bridgehead atoms. The van der Waals surface area contributed by atoms with Crippen molar-refractivity contribution in [2.45, 2.75) is 18.6 Å². The molecule has 0 aliphatic carbocycles. The average Bonchev–Trinajstić information content (AvgIpc) is 2.71. The Morgan fingerprint density at radius 3 is 2.47 bits per heavy atom. The van der Waals surface area contributed by atoms with E-state index in [1.807, 2.05) is 0 Å². The maximum Gasteiger partial charge on any atom is 0.326 e. The number of sulfonamides is 1. The number of ether oxygens (including phenoxy) is 1. The summed E-state index contributed by atoms with van der Waals surface area (Å²) in [6, 6.07) is -0.967. The fourth-order valence-corrected chi connectivity index (χ4v) is 2.22. The summed E-state index contributed by atoms with van der Waals surface area (Å²) in [6.45, 7) is -0.219. The molecule has 8 nitrogen and oxygen atoms in total. The zero-order valence-corrected chi connectivity index (χ0v) is 11.9. The number of aliphatic carboxylic acids is 1. The highest BCUT2D eigenvalue weighted by atomic mass is 32.2. The highest BCUT2D eigenvalue weighted by Crippen LogP contribution is 2.20. The quantitative estimate of drug-likeness (QED) is 0.667. The number of hydrogen-bond donors (Lipinski definition) is 1. The third kappa shape index (κ3) is 3.88. The molecule has 9 heteroatoms. The molecule has 0 spiro atoms. The molecule has 0 aromatic rings. The lowest BCUT2D eigenvalue weighted by Crippen LogP contribution is -2.46. The van der Waals surface area contributed by atoms with Crippen LogP contribution in [-0.4, -0.2) is 80.3 Å². The predicted molar refractivity (Wildman–Crippen MR) is 66.0 cm³/mol. The van der Waals surface area contributed by atoms with Gasteiger partial charge in [-0.1, -0.05) is 0 Å². The second kappa shape index (κ2) is 5.85. The van der Waals surface area contributed by atoms with E-state index in [2.05, 4.69) is 0 Å². The first-order valence-electron chi connectivity index (χ1n) is 5.63. The summed E-state index contributed by atoms with van der Waals surface area (Å²) in [5.74, 6) is -1.66. The molecule has 110 valence electrons. The Morgan fingerprint density at radius 2 is 2.05 bits per heavy atom. The predicted octanol–water partition coefficient (Wildman–Crippen LogP) is -1.42. The van der Waals surface area contributed by atoms with Crippen LogP contribution in [-0.2, 0) is 24.3 Å². The Balaban J connectivity index is 2.77. The van der Waals surface area contributed by atoms with E-state index in [0.29, 0.717) is 0 Å². The van der Waals surface area contributed by atoms with Gasteiger partial charge in [0.25, 0.3) is 0 Å². The second-order valence-corrected chi connectivity index (χ2v) is 6.60. The van der Waals surface area contributed by atoms with Crippen molar-refractivity contribution >= 4 is 21.9 Å². The Bertz CT molecular complexity index is 463. The zero-order chi connectivity index (χ0) is 14.8. The van der Waals surface area contributed by atoms with Crippen LogP contribution in [0, 0.1) is 0 Å². The molecule has 0 radical (unpaired) electrons. The van der Waals surface area contributed by atoms with Gasteiger partial charge in [0.2, 0.25) is 15.9 Å². The highest BCUT2D eigenvalue weighted by molar-refractivity contribution is 7.88. The molecular weight excluding hydrogens is 276 g/mol. The van der Waals surface area contributed by atoms with Gasteiger partial charge in [-0.15, -0.1) is 0 Å². The molecule has 0 aromatic carbocycles. The number of amides is 1. The second-order valence-electron chi connectivity index (χ2n) is 4.51. The van der Waals surface area contributed by atoms with Crippen LogP contribution in [0.4, 0.5) is 0 Å². The zero-order valence-electron chi connectivity index (χ0n) is 11.1. The van der Waals surface area contributed by atoms with Gasteiger partial charge in [0.05, 0.1) is 18.9 Å². The summed E-state index contributed by atoms with van der Waals surface area (Å²) < 4.78 is 28.4. The summed E-state index contributed by atoms with van der Waals surface area (Å²) in [6.07, 6.45) is 0.852. The van der Waals surface area contributed by atoms with E-state index in [-0.39, 0.29) is 25.6 Å². The first-order chi connectivity index (χ1) is 8.66. The molecule has 1 rings (SSSR count). The lowest BCUT2D eigenvalue weighted by Gasteiger charge is -2.23. The topological polar surface area (TPSA) is 104 Å². The van der Waals surface area contributed by atoms with E-state index in [0.717, 1.165) is 15.5 Å². The van der Waals surface area contributed by atoms with Gasteiger partial charge in [0.15, 0.2) is 0 Å². The summed E-state index contributed by atoms with van der Waals surface area (Å²) >= 11 is 0. The Labute approximate surface area is 112 Å². The minimum Gasteiger partial charge on any atom is -0.480 e. The van der Waals surface area contributed by atoms with E-state index in [9.17, 15) is 18.0 Å². The fraction of sp³-hybridized carbons (Fsp3) is 0.800. The van der Waals surface area contributed by atoms with Crippen LogP contribution in [0.1, 0.15) is 6.42 Å². The fourth-order valence-electron chi connectivity index (χ4n) is 1.88. The molecule has 2 unspecified atom stereocenters. The molecule has 1 amide bonds. The third-order valence-corrected chi connectivity index (χ3v) is 4.39.